The fourth-order valence-corrected chi connectivity index (χ4v) is 1.51. The zero-order valence-electron chi connectivity index (χ0n) is 9.05. The Labute approximate surface area is 95.2 Å². The molecule has 0 radical (unpaired) electrons. The molecule has 2 nitrogen and oxygen atoms in total. The summed E-state index contributed by atoms with van der Waals surface area (Å²) in [4.78, 5) is 11.1. The number of aryl methyl sites for hydroxylation is 1. The standard InChI is InChI=1S/C12H15ClO2/c1-3-10(14)6-4-9-5-7-11(13)12(8-9)15-2/h5,7-8H,3-4,6H2,1-2H3. The van der Waals surface area contributed by atoms with Crippen LogP contribution in [0.15, 0.2) is 18.2 Å². The van der Waals surface area contributed by atoms with Crippen LogP contribution in [0, 0.1) is 0 Å². The van der Waals surface area contributed by atoms with Gasteiger partial charge >= 0.3 is 0 Å². The van der Waals surface area contributed by atoms with Crippen LogP contribution in [0.1, 0.15) is 25.3 Å². The highest BCUT2D eigenvalue weighted by molar-refractivity contribution is 6.32. The van der Waals surface area contributed by atoms with Gasteiger partial charge in [-0.2, -0.15) is 0 Å². The maximum atomic E-state index is 11.1. The van der Waals surface area contributed by atoms with Crippen LogP contribution in [-0.4, -0.2) is 12.9 Å². The van der Waals surface area contributed by atoms with E-state index in [0.29, 0.717) is 23.6 Å². The lowest BCUT2D eigenvalue weighted by molar-refractivity contribution is -0.118. The maximum absolute atomic E-state index is 11.1. The molecule has 0 amide bonds. The van der Waals surface area contributed by atoms with Gasteiger partial charge in [0, 0.05) is 12.8 Å². The number of carbonyl (C=O) groups excluding carboxylic acids is 1. The Balaban J connectivity index is 2.66. The minimum absolute atomic E-state index is 0.281. The number of ether oxygens (including phenoxy) is 1. The number of Topliss-reactive ketones (excluding diaryl/α,β-unsaturated/α-hetero) is 1. The predicted molar refractivity (Wildman–Crippen MR) is 61.6 cm³/mol. The molecule has 0 spiro atoms. The van der Waals surface area contributed by atoms with Crippen LogP contribution in [-0.2, 0) is 11.2 Å². The van der Waals surface area contributed by atoms with E-state index in [0.717, 1.165) is 12.0 Å². The summed E-state index contributed by atoms with van der Waals surface area (Å²) in [5.74, 6) is 0.946. The molecule has 0 unspecified atom stereocenters. The summed E-state index contributed by atoms with van der Waals surface area (Å²) in [6.45, 7) is 1.88. The number of rotatable bonds is 5. The van der Waals surface area contributed by atoms with E-state index in [1.54, 1.807) is 13.2 Å². The third kappa shape index (κ3) is 3.56. The summed E-state index contributed by atoms with van der Waals surface area (Å²) in [5.41, 5.74) is 1.08. The van der Waals surface area contributed by atoms with Crippen LogP contribution < -0.4 is 4.74 Å². The van der Waals surface area contributed by atoms with E-state index in [9.17, 15) is 4.79 Å². The van der Waals surface area contributed by atoms with Crippen molar-refractivity contribution in [1.29, 1.82) is 0 Å². The van der Waals surface area contributed by atoms with Gasteiger partial charge in [0.15, 0.2) is 0 Å². The molecule has 0 saturated heterocycles. The van der Waals surface area contributed by atoms with E-state index >= 15 is 0 Å². The van der Waals surface area contributed by atoms with Crippen LogP contribution in [0.3, 0.4) is 0 Å². The third-order valence-electron chi connectivity index (χ3n) is 2.30. The van der Waals surface area contributed by atoms with Gasteiger partial charge in [0.1, 0.15) is 11.5 Å². The monoisotopic (exact) mass is 226 g/mol. The smallest absolute Gasteiger partial charge is 0.137 e. The summed E-state index contributed by atoms with van der Waals surface area (Å²) in [7, 11) is 1.59. The molecule has 3 heteroatoms. The van der Waals surface area contributed by atoms with Gasteiger partial charge in [-0.15, -0.1) is 0 Å². The first-order chi connectivity index (χ1) is 7.17. The summed E-state index contributed by atoms with van der Waals surface area (Å²) >= 11 is 5.89. The van der Waals surface area contributed by atoms with Gasteiger partial charge in [-0.05, 0) is 24.1 Å². The van der Waals surface area contributed by atoms with Crippen LogP contribution in [0.25, 0.3) is 0 Å². The van der Waals surface area contributed by atoms with Gasteiger partial charge in [0.05, 0.1) is 12.1 Å². The topological polar surface area (TPSA) is 26.3 Å². The molecular weight excluding hydrogens is 212 g/mol. The maximum Gasteiger partial charge on any atom is 0.137 e. The van der Waals surface area contributed by atoms with E-state index in [1.807, 2.05) is 19.1 Å². The number of carbonyl (C=O) groups is 1. The first-order valence-corrected chi connectivity index (χ1v) is 5.39. The van der Waals surface area contributed by atoms with Crippen molar-refractivity contribution in [3.05, 3.63) is 28.8 Å². The van der Waals surface area contributed by atoms with Crippen LogP contribution in [0.4, 0.5) is 0 Å². The highest BCUT2D eigenvalue weighted by Gasteiger charge is 2.04. The molecule has 0 fully saturated rings. The van der Waals surface area contributed by atoms with Gasteiger partial charge in [-0.3, -0.25) is 4.79 Å². The van der Waals surface area contributed by atoms with E-state index in [2.05, 4.69) is 0 Å². The molecule has 0 N–H and O–H groups in total. The van der Waals surface area contributed by atoms with Crippen molar-refractivity contribution >= 4 is 17.4 Å². The Kier molecular flexibility index (Phi) is 4.63. The largest absolute Gasteiger partial charge is 0.495 e. The van der Waals surface area contributed by atoms with E-state index in [4.69, 9.17) is 16.3 Å². The van der Waals surface area contributed by atoms with Crippen molar-refractivity contribution in [2.75, 3.05) is 7.11 Å². The number of halogens is 1. The lowest BCUT2D eigenvalue weighted by Gasteiger charge is -2.05. The molecule has 1 rings (SSSR count). The molecule has 0 bridgehead atoms. The Morgan fingerprint density at radius 2 is 2.20 bits per heavy atom. The molecule has 15 heavy (non-hydrogen) atoms. The zero-order valence-corrected chi connectivity index (χ0v) is 9.80. The van der Waals surface area contributed by atoms with Gasteiger partial charge in [0.25, 0.3) is 0 Å². The Morgan fingerprint density at radius 1 is 1.47 bits per heavy atom. The highest BCUT2D eigenvalue weighted by Crippen LogP contribution is 2.25. The van der Waals surface area contributed by atoms with Gasteiger partial charge in [0.2, 0.25) is 0 Å². The van der Waals surface area contributed by atoms with Gasteiger partial charge in [-0.25, -0.2) is 0 Å². The summed E-state index contributed by atoms with van der Waals surface area (Å²) < 4.78 is 5.10. The minimum Gasteiger partial charge on any atom is -0.495 e. The third-order valence-corrected chi connectivity index (χ3v) is 2.61. The van der Waals surface area contributed by atoms with Crippen molar-refractivity contribution in [3.63, 3.8) is 0 Å². The molecule has 0 atom stereocenters. The van der Waals surface area contributed by atoms with Gasteiger partial charge < -0.3 is 4.74 Å². The molecule has 1 aromatic carbocycles. The van der Waals surface area contributed by atoms with Crippen molar-refractivity contribution in [1.82, 2.24) is 0 Å². The predicted octanol–water partition coefficient (Wildman–Crippen LogP) is 3.26. The van der Waals surface area contributed by atoms with Crippen LogP contribution in [0.2, 0.25) is 5.02 Å². The molecule has 0 aliphatic heterocycles. The molecule has 1 aromatic rings. The summed E-state index contributed by atoms with van der Waals surface area (Å²) in [6, 6.07) is 5.60. The molecule has 0 aliphatic carbocycles. The van der Waals surface area contributed by atoms with Crippen molar-refractivity contribution in [2.45, 2.75) is 26.2 Å². The average molecular weight is 227 g/mol. The molecule has 0 saturated carbocycles. The second-order valence-corrected chi connectivity index (χ2v) is 3.77. The number of hydrogen-bond donors (Lipinski definition) is 0. The SMILES string of the molecule is CCC(=O)CCc1ccc(Cl)c(OC)c1. The molecule has 82 valence electrons. The minimum atomic E-state index is 0.281. The Hall–Kier alpha value is -1.02. The van der Waals surface area contributed by atoms with E-state index < -0.39 is 0 Å². The van der Waals surface area contributed by atoms with Gasteiger partial charge in [-0.1, -0.05) is 24.6 Å². The Morgan fingerprint density at radius 3 is 2.80 bits per heavy atom. The highest BCUT2D eigenvalue weighted by atomic mass is 35.5. The second-order valence-electron chi connectivity index (χ2n) is 3.36. The lowest BCUT2D eigenvalue weighted by Crippen LogP contribution is -1.98. The molecule has 0 aromatic heterocycles. The Bertz CT molecular complexity index is 347. The molecular formula is C12H15ClO2. The number of benzene rings is 1. The van der Waals surface area contributed by atoms with Crippen molar-refractivity contribution in [2.24, 2.45) is 0 Å². The first kappa shape index (κ1) is 12.1. The lowest BCUT2D eigenvalue weighted by atomic mass is 10.1. The van der Waals surface area contributed by atoms with E-state index in [1.165, 1.54) is 0 Å². The molecule has 0 aliphatic rings. The fourth-order valence-electron chi connectivity index (χ4n) is 1.32. The first-order valence-electron chi connectivity index (χ1n) is 5.01. The van der Waals surface area contributed by atoms with Crippen LogP contribution in [0.5, 0.6) is 5.75 Å². The quantitative estimate of drug-likeness (QED) is 0.771. The van der Waals surface area contributed by atoms with Crippen LogP contribution >= 0.6 is 11.6 Å². The van der Waals surface area contributed by atoms with E-state index in [-0.39, 0.29) is 5.78 Å². The number of hydrogen-bond acceptors (Lipinski definition) is 2. The zero-order chi connectivity index (χ0) is 11.3. The van der Waals surface area contributed by atoms with Crippen molar-refractivity contribution in [3.8, 4) is 5.75 Å². The molecule has 0 heterocycles. The average Bonchev–Trinajstić information content (AvgIpc) is 2.27. The summed E-state index contributed by atoms with van der Waals surface area (Å²) in [5, 5.41) is 0.600. The normalized spacial score (nSPS) is 10.1. The number of methoxy groups -OCH3 is 1. The van der Waals surface area contributed by atoms with Crippen molar-refractivity contribution < 1.29 is 9.53 Å². The fraction of sp³-hybridized carbons (Fsp3) is 0.417. The summed E-state index contributed by atoms with van der Waals surface area (Å²) in [6.07, 6.45) is 1.94. The second kappa shape index (κ2) is 5.76. The number of ketones is 1.